The van der Waals surface area contributed by atoms with Gasteiger partial charge in [-0.25, -0.2) is 9.97 Å². The second-order valence-corrected chi connectivity index (χ2v) is 10.1. The zero-order chi connectivity index (χ0) is 26.2. The Balaban J connectivity index is 1.47. The number of imidazole rings is 1. The lowest BCUT2D eigenvalue weighted by Crippen LogP contribution is -1.99. The smallest absolute Gasteiger partial charge is 0.146 e. The molecular weight excluding hydrogens is 490 g/mol. The fraction of sp³-hybridized carbons (Fsp3) is 0. The van der Waals surface area contributed by atoms with E-state index in [-0.39, 0.29) is 0 Å². The molecule has 0 amide bonds. The fourth-order valence-corrected chi connectivity index (χ4v) is 6.31. The molecule has 0 saturated heterocycles. The van der Waals surface area contributed by atoms with Crippen molar-refractivity contribution in [2.75, 3.05) is 0 Å². The lowest BCUT2D eigenvalue weighted by molar-refractivity contribution is 1.08. The molecule has 0 unspecified atom stereocenters. The Morgan fingerprint density at radius 1 is 0.450 bits per heavy atom. The minimum absolute atomic E-state index is 0.848. The molecule has 0 aliphatic rings. The average molecular weight is 512 g/mol. The van der Waals surface area contributed by atoms with Gasteiger partial charge in [-0.1, -0.05) is 60.7 Å². The highest BCUT2D eigenvalue weighted by atomic mass is 15.1. The number of nitrogens with zero attached hydrogens (tertiary/aromatic N) is 5. The number of para-hydroxylation sites is 4. The number of fused-ring (bicyclic) bond motifs is 12. The number of pyridine rings is 3. The molecule has 0 radical (unpaired) electrons. The van der Waals surface area contributed by atoms with Gasteiger partial charge in [0.05, 0.1) is 39.0 Å². The molecule has 0 spiro atoms. The predicted molar refractivity (Wildman–Crippen MR) is 163 cm³/mol. The largest absolute Gasteiger partial charge is 0.294 e. The molecule has 0 fully saturated rings. The molecule has 9 rings (SSSR count). The van der Waals surface area contributed by atoms with E-state index in [4.69, 9.17) is 9.97 Å². The zero-order valence-electron chi connectivity index (χ0n) is 21.4. The second kappa shape index (κ2) is 7.98. The summed E-state index contributed by atoms with van der Waals surface area (Å²) < 4.78 is 4.58. The standard InChI is InChI=1S/C35H21N5/c1-5-16-29-22(10-1)33-24(35-38-27-13-3-6-17-30(27)40(29)35)19-20-31-34(33)23-11-2-4-15-28(23)39(31)32-18-9-14-26(37-32)25-12-7-8-21-36-25/h1-21H. The van der Waals surface area contributed by atoms with Crippen molar-refractivity contribution in [2.24, 2.45) is 0 Å². The van der Waals surface area contributed by atoms with Crippen LogP contribution in [0.3, 0.4) is 0 Å². The van der Waals surface area contributed by atoms with Gasteiger partial charge in [0.25, 0.3) is 0 Å². The highest BCUT2D eigenvalue weighted by Crippen LogP contribution is 2.41. The molecule has 40 heavy (non-hydrogen) atoms. The van der Waals surface area contributed by atoms with E-state index >= 15 is 0 Å². The average Bonchev–Trinajstić information content (AvgIpc) is 3.58. The van der Waals surface area contributed by atoms with Crippen molar-refractivity contribution in [1.82, 2.24) is 23.9 Å². The van der Waals surface area contributed by atoms with Crippen LogP contribution in [0.2, 0.25) is 0 Å². The number of rotatable bonds is 2. The summed E-state index contributed by atoms with van der Waals surface area (Å²) in [5.74, 6) is 0.866. The van der Waals surface area contributed by atoms with Crippen LogP contribution in [-0.2, 0) is 0 Å². The van der Waals surface area contributed by atoms with Crippen molar-refractivity contribution >= 4 is 60.2 Å². The lowest BCUT2D eigenvalue weighted by atomic mass is 10.00. The summed E-state index contributed by atoms with van der Waals surface area (Å²) in [6, 6.07) is 42.2. The van der Waals surface area contributed by atoms with Gasteiger partial charge in [-0.05, 0) is 60.7 Å². The van der Waals surface area contributed by atoms with E-state index in [0.29, 0.717) is 0 Å². The normalized spacial score (nSPS) is 12.0. The maximum absolute atomic E-state index is 5.13. The number of hydrogen-bond acceptors (Lipinski definition) is 3. The highest BCUT2D eigenvalue weighted by molar-refractivity contribution is 6.30. The lowest BCUT2D eigenvalue weighted by Gasteiger charge is -2.12. The molecule has 0 atom stereocenters. The molecule has 186 valence electrons. The third kappa shape index (κ3) is 2.83. The van der Waals surface area contributed by atoms with E-state index in [1.165, 1.54) is 21.5 Å². The van der Waals surface area contributed by atoms with Gasteiger partial charge in [-0.3, -0.25) is 14.0 Å². The molecule has 5 heterocycles. The summed E-state index contributed by atoms with van der Waals surface area (Å²) in [5.41, 5.74) is 8.18. The first-order valence-electron chi connectivity index (χ1n) is 13.4. The molecule has 0 bridgehead atoms. The first-order chi connectivity index (χ1) is 19.9. The minimum Gasteiger partial charge on any atom is -0.294 e. The predicted octanol–water partition coefficient (Wildman–Crippen LogP) is 8.35. The van der Waals surface area contributed by atoms with Crippen LogP contribution in [-0.4, -0.2) is 23.9 Å². The maximum atomic E-state index is 5.13. The molecule has 0 aliphatic heterocycles. The molecule has 4 aromatic carbocycles. The first kappa shape index (κ1) is 21.4. The van der Waals surface area contributed by atoms with E-state index in [2.05, 4.69) is 111 Å². The number of aromatic nitrogens is 5. The fourth-order valence-electron chi connectivity index (χ4n) is 6.31. The second-order valence-electron chi connectivity index (χ2n) is 10.1. The Morgan fingerprint density at radius 3 is 2.02 bits per heavy atom. The van der Waals surface area contributed by atoms with Crippen molar-refractivity contribution in [3.8, 4) is 17.2 Å². The minimum atomic E-state index is 0.848. The Hall–Kier alpha value is -5.55. The van der Waals surface area contributed by atoms with E-state index < -0.39 is 0 Å². The Labute approximate surface area is 228 Å². The van der Waals surface area contributed by atoms with Crippen LogP contribution >= 0.6 is 0 Å². The summed E-state index contributed by atoms with van der Waals surface area (Å²) in [5, 5.41) is 5.96. The Morgan fingerprint density at radius 2 is 1.18 bits per heavy atom. The molecule has 5 nitrogen and oxygen atoms in total. The summed E-state index contributed by atoms with van der Waals surface area (Å²) in [4.78, 5) is 14.8. The third-order valence-corrected chi connectivity index (χ3v) is 7.95. The summed E-state index contributed by atoms with van der Waals surface area (Å²) in [6.07, 6.45) is 1.81. The molecule has 5 heteroatoms. The summed E-state index contributed by atoms with van der Waals surface area (Å²) in [7, 11) is 0. The van der Waals surface area contributed by atoms with Crippen LogP contribution in [0.1, 0.15) is 0 Å². The molecular formula is C35H21N5. The summed E-state index contributed by atoms with van der Waals surface area (Å²) in [6.45, 7) is 0. The van der Waals surface area contributed by atoms with Crippen LogP contribution in [0.4, 0.5) is 0 Å². The Kier molecular flexibility index (Phi) is 4.27. The first-order valence-corrected chi connectivity index (χ1v) is 13.4. The van der Waals surface area contributed by atoms with Crippen molar-refractivity contribution in [3.63, 3.8) is 0 Å². The van der Waals surface area contributed by atoms with Crippen molar-refractivity contribution in [3.05, 3.63) is 128 Å². The number of benzene rings is 4. The van der Waals surface area contributed by atoms with Crippen LogP contribution in [0, 0.1) is 0 Å². The van der Waals surface area contributed by atoms with E-state index in [1.807, 2.05) is 24.3 Å². The van der Waals surface area contributed by atoms with Gasteiger partial charge in [0.15, 0.2) is 0 Å². The van der Waals surface area contributed by atoms with Crippen LogP contribution in [0.25, 0.3) is 77.4 Å². The van der Waals surface area contributed by atoms with Gasteiger partial charge >= 0.3 is 0 Å². The van der Waals surface area contributed by atoms with Crippen LogP contribution in [0.15, 0.2) is 128 Å². The van der Waals surface area contributed by atoms with Crippen molar-refractivity contribution in [2.45, 2.75) is 0 Å². The quantitative estimate of drug-likeness (QED) is 0.219. The van der Waals surface area contributed by atoms with E-state index in [1.54, 1.807) is 6.20 Å². The molecule has 0 saturated carbocycles. The van der Waals surface area contributed by atoms with E-state index in [0.717, 1.165) is 55.8 Å². The van der Waals surface area contributed by atoms with Crippen molar-refractivity contribution in [1.29, 1.82) is 0 Å². The maximum Gasteiger partial charge on any atom is 0.146 e. The molecule has 5 aromatic heterocycles. The SMILES string of the molecule is c1ccc(-c2cccc(-n3c4ccccc4c4c5c6ccccc6n6c7ccccc7nc6c5ccc43)n2)nc1. The highest BCUT2D eigenvalue weighted by Gasteiger charge is 2.20. The monoisotopic (exact) mass is 511 g/mol. The van der Waals surface area contributed by atoms with Gasteiger partial charge in [-0.2, -0.15) is 0 Å². The molecule has 0 aliphatic carbocycles. The van der Waals surface area contributed by atoms with Crippen LogP contribution < -0.4 is 0 Å². The topological polar surface area (TPSA) is 48.0 Å². The van der Waals surface area contributed by atoms with Gasteiger partial charge < -0.3 is 0 Å². The number of hydrogen-bond donors (Lipinski definition) is 0. The van der Waals surface area contributed by atoms with Gasteiger partial charge in [0.1, 0.15) is 11.5 Å². The summed E-state index contributed by atoms with van der Waals surface area (Å²) >= 11 is 0. The molecule has 0 N–H and O–H groups in total. The molecule has 9 aromatic rings. The van der Waals surface area contributed by atoms with Crippen LogP contribution in [0.5, 0.6) is 0 Å². The Bertz CT molecular complexity index is 2430. The van der Waals surface area contributed by atoms with Gasteiger partial charge in [0.2, 0.25) is 0 Å². The van der Waals surface area contributed by atoms with Crippen molar-refractivity contribution < 1.29 is 0 Å². The van der Waals surface area contributed by atoms with Gasteiger partial charge in [-0.15, -0.1) is 0 Å². The zero-order valence-corrected chi connectivity index (χ0v) is 21.4. The van der Waals surface area contributed by atoms with E-state index in [9.17, 15) is 0 Å². The van der Waals surface area contributed by atoms with Gasteiger partial charge in [0, 0.05) is 33.1 Å². The third-order valence-electron chi connectivity index (χ3n) is 7.95.